The molecular weight excluding hydrogens is 342 g/mol. The van der Waals surface area contributed by atoms with Crippen LogP contribution in [0, 0.1) is 11.8 Å². The molecule has 0 spiro atoms. The van der Waals surface area contributed by atoms with Crippen molar-refractivity contribution in [3.05, 3.63) is 42.6 Å². The molecule has 0 aliphatic heterocycles. The van der Waals surface area contributed by atoms with Gasteiger partial charge in [-0.15, -0.1) is 5.73 Å². The lowest BCUT2D eigenvalue weighted by molar-refractivity contribution is 0.464. The Kier molecular flexibility index (Phi) is 13.2. The summed E-state index contributed by atoms with van der Waals surface area (Å²) in [6, 6.07) is 0.507. The molecule has 0 aromatic carbocycles. The largest absolute Gasteiger partial charge is 0.382 e. The Balaban J connectivity index is 2.20. The number of nitrogens with zero attached hydrogens (tertiary/aromatic N) is 1. The van der Waals surface area contributed by atoms with E-state index in [1.165, 1.54) is 57.8 Å². The predicted molar refractivity (Wildman–Crippen MR) is 125 cm³/mol. The van der Waals surface area contributed by atoms with E-state index in [0.29, 0.717) is 12.0 Å². The fourth-order valence-electron chi connectivity index (χ4n) is 3.90. The molecule has 0 aromatic rings. The molecule has 3 unspecified atom stereocenters. The molecule has 1 fully saturated rings. The second kappa shape index (κ2) is 15.2. The molecule has 0 aromatic heterocycles. The second-order valence-electron chi connectivity index (χ2n) is 8.33. The number of hydrogen-bond acceptors (Lipinski definition) is 3. The first-order valence-electron chi connectivity index (χ1n) is 11.3. The van der Waals surface area contributed by atoms with Crippen molar-refractivity contribution in [3.63, 3.8) is 0 Å². The van der Waals surface area contributed by atoms with Crippen molar-refractivity contribution < 1.29 is 0 Å². The van der Waals surface area contributed by atoms with Crippen LogP contribution in [0.3, 0.4) is 0 Å². The summed E-state index contributed by atoms with van der Waals surface area (Å²) in [4.78, 5) is 4.66. The van der Waals surface area contributed by atoms with E-state index in [0.717, 1.165) is 30.2 Å². The van der Waals surface area contributed by atoms with Gasteiger partial charge in [0.1, 0.15) is 0 Å². The molecule has 0 heterocycles. The molecule has 158 valence electrons. The van der Waals surface area contributed by atoms with Crippen LogP contribution in [0.5, 0.6) is 0 Å². The van der Waals surface area contributed by atoms with E-state index in [1.807, 2.05) is 6.20 Å². The third-order valence-corrected chi connectivity index (χ3v) is 5.76. The fraction of sp³-hybridized carbons (Fsp3) is 0.680. The molecule has 1 aliphatic carbocycles. The van der Waals surface area contributed by atoms with Gasteiger partial charge >= 0.3 is 0 Å². The van der Waals surface area contributed by atoms with Crippen LogP contribution in [-0.4, -0.2) is 18.8 Å². The molecule has 3 heteroatoms. The maximum atomic E-state index is 4.66. The zero-order valence-electron chi connectivity index (χ0n) is 18.6. The van der Waals surface area contributed by atoms with Gasteiger partial charge in [-0.2, -0.15) is 0 Å². The number of rotatable bonds is 15. The maximum Gasteiger partial charge on any atom is 0.0431 e. The van der Waals surface area contributed by atoms with Crippen LogP contribution >= 0.6 is 0 Å². The summed E-state index contributed by atoms with van der Waals surface area (Å²) in [5.74, 6) is 1.41. The SMILES string of the molecule is C=C=CN/C=C(/C)C(=C)NC1CC(C/C=N/CCCCCCCCC)CC1C. The smallest absolute Gasteiger partial charge is 0.0431 e. The Morgan fingerprint density at radius 2 is 1.86 bits per heavy atom. The lowest BCUT2D eigenvalue weighted by Gasteiger charge is -2.20. The highest BCUT2D eigenvalue weighted by atomic mass is 14.9. The average Bonchev–Trinajstić information content (AvgIpc) is 3.02. The zero-order valence-corrected chi connectivity index (χ0v) is 18.6. The van der Waals surface area contributed by atoms with E-state index in [4.69, 9.17) is 0 Å². The summed E-state index contributed by atoms with van der Waals surface area (Å²) >= 11 is 0. The molecule has 2 N–H and O–H groups in total. The van der Waals surface area contributed by atoms with Crippen LogP contribution < -0.4 is 10.6 Å². The molecule has 0 bridgehead atoms. The number of allylic oxidation sites excluding steroid dienone is 1. The van der Waals surface area contributed by atoms with E-state index in [1.54, 1.807) is 6.20 Å². The molecule has 0 amide bonds. The minimum Gasteiger partial charge on any atom is -0.382 e. The van der Waals surface area contributed by atoms with Gasteiger partial charge in [-0.25, -0.2) is 0 Å². The molecule has 0 saturated heterocycles. The van der Waals surface area contributed by atoms with Gasteiger partial charge in [-0.05, 0) is 56.2 Å². The molecule has 1 saturated carbocycles. The van der Waals surface area contributed by atoms with Crippen molar-refractivity contribution in [2.75, 3.05) is 6.54 Å². The number of hydrogen-bond donors (Lipinski definition) is 2. The van der Waals surface area contributed by atoms with Gasteiger partial charge in [0.15, 0.2) is 0 Å². The van der Waals surface area contributed by atoms with E-state index in [-0.39, 0.29) is 0 Å². The summed E-state index contributed by atoms with van der Waals surface area (Å²) in [6.07, 6.45) is 18.9. The van der Waals surface area contributed by atoms with Gasteiger partial charge in [0.2, 0.25) is 0 Å². The van der Waals surface area contributed by atoms with Crippen molar-refractivity contribution in [2.24, 2.45) is 16.8 Å². The number of unbranched alkanes of at least 4 members (excludes halogenated alkanes) is 6. The highest BCUT2D eigenvalue weighted by molar-refractivity contribution is 5.57. The zero-order chi connectivity index (χ0) is 20.6. The fourth-order valence-corrected chi connectivity index (χ4v) is 3.90. The first-order valence-corrected chi connectivity index (χ1v) is 11.3. The van der Waals surface area contributed by atoms with Crippen molar-refractivity contribution in [1.82, 2.24) is 10.6 Å². The lowest BCUT2D eigenvalue weighted by atomic mass is 10.0. The van der Waals surface area contributed by atoms with Crippen LogP contribution in [0.1, 0.15) is 85.0 Å². The van der Waals surface area contributed by atoms with Gasteiger partial charge in [0.05, 0.1) is 0 Å². The number of nitrogens with one attached hydrogen (secondary N) is 2. The molecular formula is C25H43N3. The Labute approximate surface area is 174 Å². The maximum absolute atomic E-state index is 4.66. The highest BCUT2D eigenvalue weighted by Gasteiger charge is 2.30. The van der Waals surface area contributed by atoms with Crippen LogP contribution in [0.15, 0.2) is 47.6 Å². The lowest BCUT2D eigenvalue weighted by Crippen LogP contribution is -2.30. The summed E-state index contributed by atoms with van der Waals surface area (Å²) in [5.41, 5.74) is 4.81. The summed E-state index contributed by atoms with van der Waals surface area (Å²) in [7, 11) is 0. The predicted octanol–water partition coefficient (Wildman–Crippen LogP) is 6.51. The van der Waals surface area contributed by atoms with Crippen LogP contribution in [0.25, 0.3) is 0 Å². The molecule has 1 aliphatic rings. The van der Waals surface area contributed by atoms with Crippen LogP contribution in [-0.2, 0) is 0 Å². The Bertz CT molecular complexity index is 540. The monoisotopic (exact) mass is 385 g/mol. The Morgan fingerprint density at radius 1 is 1.14 bits per heavy atom. The Morgan fingerprint density at radius 3 is 2.57 bits per heavy atom. The van der Waals surface area contributed by atoms with Crippen molar-refractivity contribution in [2.45, 2.75) is 91.0 Å². The van der Waals surface area contributed by atoms with E-state index in [2.05, 4.69) is 61.5 Å². The van der Waals surface area contributed by atoms with Crippen molar-refractivity contribution >= 4 is 6.21 Å². The van der Waals surface area contributed by atoms with Crippen molar-refractivity contribution in [1.29, 1.82) is 0 Å². The average molecular weight is 386 g/mol. The first-order chi connectivity index (χ1) is 13.6. The van der Waals surface area contributed by atoms with E-state index < -0.39 is 0 Å². The number of aliphatic imine (C=N–C) groups is 1. The Hall–Kier alpha value is -1.73. The highest BCUT2D eigenvalue weighted by Crippen LogP contribution is 2.33. The minimum atomic E-state index is 0.507. The topological polar surface area (TPSA) is 36.4 Å². The van der Waals surface area contributed by atoms with Crippen molar-refractivity contribution in [3.8, 4) is 0 Å². The quantitative estimate of drug-likeness (QED) is 0.146. The van der Waals surface area contributed by atoms with Crippen LogP contribution in [0.2, 0.25) is 0 Å². The minimum absolute atomic E-state index is 0.507. The first kappa shape index (κ1) is 24.3. The normalized spacial score (nSPS) is 22.2. The summed E-state index contributed by atoms with van der Waals surface area (Å²) < 4.78 is 0. The van der Waals surface area contributed by atoms with Gasteiger partial charge in [-0.1, -0.05) is 65.5 Å². The standard InChI is InChI=1S/C25H43N3/c1-6-8-9-10-11-12-13-16-26-17-14-24-18-21(3)25(19-24)28-23(5)22(4)20-27-15-7-2/h15,17,20-21,24-25,27-28H,2,5-6,8-14,16,18-19H2,1,3-4H3/b22-20-,26-17+. The molecule has 0 radical (unpaired) electrons. The molecule has 3 nitrogen and oxygen atoms in total. The van der Waals surface area contributed by atoms with Crippen LogP contribution in [0.4, 0.5) is 0 Å². The van der Waals surface area contributed by atoms with Gasteiger partial charge in [0.25, 0.3) is 0 Å². The molecule has 3 atom stereocenters. The third kappa shape index (κ3) is 10.6. The molecule has 28 heavy (non-hydrogen) atoms. The third-order valence-electron chi connectivity index (χ3n) is 5.76. The van der Waals surface area contributed by atoms with Gasteiger partial charge in [-0.3, -0.25) is 4.99 Å². The van der Waals surface area contributed by atoms with E-state index >= 15 is 0 Å². The summed E-state index contributed by atoms with van der Waals surface area (Å²) in [5, 5.41) is 6.67. The summed E-state index contributed by atoms with van der Waals surface area (Å²) in [6.45, 7) is 15.4. The van der Waals surface area contributed by atoms with E-state index in [9.17, 15) is 0 Å². The van der Waals surface area contributed by atoms with Gasteiger partial charge < -0.3 is 10.6 Å². The van der Waals surface area contributed by atoms with Gasteiger partial charge in [0, 0.05) is 30.7 Å². The second-order valence-corrected chi connectivity index (χ2v) is 8.33. The molecule has 1 rings (SSSR count).